The van der Waals surface area contributed by atoms with E-state index in [-0.39, 0.29) is 5.41 Å². The van der Waals surface area contributed by atoms with Crippen molar-refractivity contribution in [1.82, 2.24) is 4.90 Å². The van der Waals surface area contributed by atoms with Crippen LogP contribution >= 0.6 is 0 Å². The van der Waals surface area contributed by atoms with Gasteiger partial charge in [0.15, 0.2) is 0 Å². The molecule has 1 atom stereocenters. The van der Waals surface area contributed by atoms with E-state index < -0.39 is 0 Å². The number of anilines is 1. The van der Waals surface area contributed by atoms with Crippen LogP contribution in [0, 0.1) is 0 Å². The number of hydrogen-bond acceptors (Lipinski definition) is 2. The van der Waals surface area contributed by atoms with E-state index in [9.17, 15) is 0 Å². The zero-order valence-electron chi connectivity index (χ0n) is 10.0. The predicted octanol–water partition coefficient (Wildman–Crippen LogP) is 2.55. The van der Waals surface area contributed by atoms with Gasteiger partial charge in [-0.05, 0) is 49.2 Å². The second kappa shape index (κ2) is 3.24. The second-order valence-electron chi connectivity index (χ2n) is 5.41. The number of nitrogens with zero attached hydrogens (tertiary/aromatic N) is 1. The van der Waals surface area contributed by atoms with E-state index in [2.05, 4.69) is 45.0 Å². The predicted molar refractivity (Wildman–Crippen MR) is 64.9 cm³/mol. The van der Waals surface area contributed by atoms with Crippen LogP contribution < -0.4 is 5.73 Å². The Hall–Kier alpha value is -1.02. The van der Waals surface area contributed by atoms with Crippen LogP contribution in [0.4, 0.5) is 5.69 Å². The van der Waals surface area contributed by atoms with Gasteiger partial charge in [0.25, 0.3) is 0 Å². The first-order chi connectivity index (χ1) is 6.92. The summed E-state index contributed by atoms with van der Waals surface area (Å²) in [6, 6.07) is 6.85. The van der Waals surface area contributed by atoms with Gasteiger partial charge in [-0.2, -0.15) is 0 Å². The molecule has 0 heterocycles. The number of nitrogen functional groups attached to an aromatic ring is 1. The van der Waals surface area contributed by atoms with Crippen LogP contribution in [-0.4, -0.2) is 19.0 Å². The molecule has 82 valence electrons. The molecule has 1 aromatic rings. The van der Waals surface area contributed by atoms with Crippen molar-refractivity contribution in [2.75, 3.05) is 19.8 Å². The Labute approximate surface area is 92.1 Å². The maximum atomic E-state index is 5.86. The third-order valence-corrected chi connectivity index (χ3v) is 3.49. The molecule has 0 fully saturated rings. The molecular formula is C13H20N2. The van der Waals surface area contributed by atoms with Crippen LogP contribution in [0.5, 0.6) is 0 Å². The van der Waals surface area contributed by atoms with Crippen LogP contribution in [0.25, 0.3) is 0 Å². The topological polar surface area (TPSA) is 29.3 Å². The van der Waals surface area contributed by atoms with Gasteiger partial charge in [0.1, 0.15) is 0 Å². The van der Waals surface area contributed by atoms with Crippen molar-refractivity contribution in [2.24, 2.45) is 0 Å². The van der Waals surface area contributed by atoms with Crippen molar-refractivity contribution in [3.8, 4) is 0 Å². The van der Waals surface area contributed by atoms with E-state index in [1.807, 2.05) is 6.07 Å². The molecule has 1 aliphatic carbocycles. The summed E-state index contributed by atoms with van der Waals surface area (Å²) >= 11 is 0. The molecule has 2 nitrogen and oxygen atoms in total. The Kier molecular flexibility index (Phi) is 2.27. The van der Waals surface area contributed by atoms with Crippen molar-refractivity contribution in [2.45, 2.75) is 31.7 Å². The standard InChI is InChI=1S/C13H20N2/c1-13(2)8-12(15(3)4)10-7-9(14)5-6-11(10)13/h5-7,12H,8,14H2,1-4H3. The monoisotopic (exact) mass is 204 g/mol. The third-order valence-electron chi connectivity index (χ3n) is 3.49. The molecule has 0 aromatic heterocycles. The Morgan fingerprint density at radius 1 is 1.33 bits per heavy atom. The summed E-state index contributed by atoms with van der Waals surface area (Å²) in [6.07, 6.45) is 1.18. The van der Waals surface area contributed by atoms with Crippen LogP contribution in [0.2, 0.25) is 0 Å². The fourth-order valence-electron chi connectivity index (χ4n) is 2.64. The average Bonchev–Trinajstić information content (AvgIpc) is 2.38. The Balaban J connectivity index is 2.53. The van der Waals surface area contributed by atoms with Gasteiger partial charge < -0.3 is 10.6 Å². The summed E-state index contributed by atoms with van der Waals surface area (Å²) < 4.78 is 0. The Morgan fingerprint density at radius 2 is 2.00 bits per heavy atom. The summed E-state index contributed by atoms with van der Waals surface area (Å²) in [5.41, 5.74) is 9.87. The lowest BCUT2D eigenvalue weighted by Gasteiger charge is -2.22. The van der Waals surface area contributed by atoms with Crippen LogP contribution in [-0.2, 0) is 5.41 Å². The molecular weight excluding hydrogens is 184 g/mol. The number of benzene rings is 1. The van der Waals surface area contributed by atoms with Crippen LogP contribution in [0.3, 0.4) is 0 Å². The lowest BCUT2D eigenvalue weighted by molar-refractivity contribution is 0.269. The molecule has 0 bridgehead atoms. The van der Waals surface area contributed by atoms with Gasteiger partial charge in [-0.3, -0.25) is 0 Å². The average molecular weight is 204 g/mol. The number of hydrogen-bond donors (Lipinski definition) is 1. The minimum atomic E-state index is 0.276. The first-order valence-electron chi connectivity index (χ1n) is 5.48. The van der Waals surface area contributed by atoms with Crippen molar-refractivity contribution < 1.29 is 0 Å². The Morgan fingerprint density at radius 3 is 2.60 bits per heavy atom. The first kappa shape index (κ1) is 10.5. The third kappa shape index (κ3) is 1.63. The van der Waals surface area contributed by atoms with E-state index in [0.717, 1.165) is 5.69 Å². The largest absolute Gasteiger partial charge is 0.399 e. The lowest BCUT2D eigenvalue weighted by Crippen LogP contribution is -2.20. The number of rotatable bonds is 1. The van der Waals surface area contributed by atoms with Gasteiger partial charge in [-0.25, -0.2) is 0 Å². The van der Waals surface area contributed by atoms with E-state index in [1.165, 1.54) is 17.5 Å². The minimum Gasteiger partial charge on any atom is -0.399 e. The fraction of sp³-hybridized carbons (Fsp3) is 0.538. The van der Waals surface area contributed by atoms with E-state index in [4.69, 9.17) is 5.73 Å². The number of fused-ring (bicyclic) bond motifs is 1. The number of nitrogens with two attached hydrogens (primary N) is 1. The van der Waals surface area contributed by atoms with Gasteiger partial charge in [0.2, 0.25) is 0 Å². The molecule has 1 aromatic carbocycles. The molecule has 0 radical (unpaired) electrons. The van der Waals surface area contributed by atoms with Gasteiger partial charge in [0.05, 0.1) is 0 Å². The van der Waals surface area contributed by atoms with Gasteiger partial charge in [-0.1, -0.05) is 19.9 Å². The molecule has 0 saturated heterocycles. The van der Waals surface area contributed by atoms with E-state index in [1.54, 1.807) is 0 Å². The van der Waals surface area contributed by atoms with Gasteiger partial charge in [-0.15, -0.1) is 0 Å². The molecule has 15 heavy (non-hydrogen) atoms. The second-order valence-corrected chi connectivity index (χ2v) is 5.41. The van der Waals surface area contributed by atoms with Crippen molar-refractivity contribution in [3.05, 3.63) is 29.3 Å². The minimum absolute atomic E-state index is 0.276. The lowest BCUT2D eigenvalue weighted by atomic mass is 9.86. The molecule has 2 rings (SSSR count). The molecule has 0 spiro atoms. The van der Waals surface area contributed by atoms with E-state index in [0.29, 0.717) is 6.04 Å². The molecule has 0 aliphatic heterocycles. The summed E-state index contributed by atoms with van der Waals surface area (Å²) in [7, 11) is 4.28. The van der Waals surface area contributed by atoms with Gasteiger partial charge >= 0.3 is 0 Å². The van der Waals surface area contributed by atoms with Crippen molar-refractivity contribution >= 4 is 5.69 Å². The summed E-state index contributed by atoms with van der Waals surface area (Å²) in [5, 5.41) is 0. The zero-order chi connectivity index (χ0) is 11.2. The molecule has 1 unspecified atom stereocenters. The fourth-order valence-corrected chi connectivity index (χ4v) is 2.64. The highest BCUT2D eigenvalue weighted by molar-refractivity contribution is 5.51. The van der Waals surface area contributed by atoms with Gasteiger partial charge in [0, 0.05) is 11.7 Å². The summed E-state index contributed by atoms with van der Waals surface area (Å²) in [5.74, 6) is 0. The quantitative estimate of drug-likeness (QED) is 0.712. The molecule has 2 N–H and O–H groups in total. The SMILES string of the molecule is CN(C)C1CC(C)(C)c2ccc(N)cc21. The van der Waals surface area contributed by atoms with Crippen LogP contribution in [0.15, 0.2) is 18.2 Å². The summed E-state index contributed by atoms with van der Waals surface area (Å²) in [6.45, 7) is 4.62. The zero-order valence-corrected chi connectivity index (χ0v) is 10.0. The normalized spacial score (nSPS) is 23.1. The molecule has 0 amide bonds. The van der Waals surface area contributed by atoms with Crippen molar-refractivity contribution in [1.29, 1.82) is 0 Å². The van der Waals surface area contributed by atoms with E-state index >= 15 is 0 Å². The maximum Gasteiger partial charge on any atom is 0.0354 e. The highest BCUT2D eigenvalue weighted by atomic mass is 15.1. The molecule has 1 aliphatic rings. The highest BCUT2D eigenvalue weighted by Gasteiger charge is 2.37. The molecule has 2 heteroatoms. The maximum absolute atomic E-state index is 5.86. The van der Waals surface area contributed by atoms with Crippen molar-refractivity contribution in [3.63, 3.8) is 0 Å². The van der Waals surface area contributed by atoms with Crippen LogP contribution in [0.1, 0.15) is 37.4 Å². The first-order valence-corrected chi connectivity index (χ1v) is 5.48. The highest BCUT2D eigenvalue weighted by Crippen LogP contribution is 2.46. The summed E-state index contributed by atoms with van der Waals surface area (Å²) in [4.78, 5) is 2.28. The Bertz CT molecular complexity index is 380. The molecule has 0 saturated carbocycles. The smallest absolute Gasteiger partial charge is 0.0354 e.